The van der Waals surface area contributed by atoms with Gasteiger partial charge < -0.3 is 78.0 Å². The molecule has 0 radical (unpaired) electrons. The fraction of sp³-hybridized carbons (Fsp3) is 0.554. The highest BCUT2D eigenvalue weighted by Crippen LogP contribution is 2.33. The van der Waals surface area contributed by atoms with Crippen LogP contribution in [0.3, 0.4) is 0 Å². The summed E-state index contributed by atoms with van der Waals surface area (Å²) in [4.78, 5) is 188. The van der Waals surface area contributed by atoms with Gasteiger partial charge >= 0.3 is 0 Å². The number of nitrogens with one attached hydrogen (secondary N) is 10. The zero-order valence-electron chi connectivity index (χ0n) is 54.8. The zero-order valence-corrected chi connectivity index (χ0v) is 56.4. The number of amides is 11. The van der Waals surface area contributed by atoms with Crippen molar-refractivity contribution in [1.82, 2.24) is 57.3 Å². The number of rotatable bonds is 19. The summed E-state index contributed by atoms with van der Waals surface area (Å²) in [5.74, 6) is -15.9. The van der Waals surface area contributed by atoms with E-state index in [1.807, 2.05) is 6.26 Å². The second kappa shape index (κ2) is 34.0. The monoisotopic (exact) mass is 1370 g/mol. The van der Waals surface area contributed by atoms with Crippen molar-refractivity contribution in [3.8, 4) is 0 Å². The molecule has 4 aliphatic rings. The van der Waals surface area contributed by atoms with Crippen molar-refractivity contribution in [2.75, 3.05) is 50.1 Å². The van der Waals surface area contributed by atoms with E-state index in [0.29, 0.717) is 34.3 Å². The van der Waals surface area contributed by atoms with E-state index >= 15 is 13.8 Å². The molecule has 3 aromatic rings. The number of carbonyl (C=O) groups excluding carboxylic acids is 13. The number of ketones is 2. The molecule has 2 fully saturated rings. The molecular weight excluding hydrogens is 1280 g/mol. The highest BCUT2D eigenvalue weighted by molar-refractivity contribution is 7.99. The first-order valence-electron chi connectivity index (χ1n) is 32.1. The summed E-state index contributed by atoms with van der Waals surface area (Å²) in [5.41, 5.74) is 2.03. The van der Waals surface area contributed by atoms with Gasteiger partial charge in [-0.15, -0.1) is 0 Å². The van der Waals surface area contributed by atoms with Crippen molar-refractivity contribution in [3.63, 3.8) is 0 Å². The Hall–Kier alpha value is -8.39. The molecule has 29 nitrogen and oxygen atoms in total. The first-order valence-corrected chi connectivity index (χ1v) is 34.7. The minimum absolute atomic E-state index is 0.0388. The van der Waals surface area contributed by atoms with Crippen LogP contribution in [0, 0.1) is 29.6 Å². The molecule has 1 aromatic heterocycles. The number of nitrogens with zero attached hydrogens (tertiary/aromatic N) is 2. The second-order valence-corrected chi connectivity index (χ2v) is 27.8. The molecule has 2 aromatic carbocycles. The predicted octanol–water partition coefficient (Wildman–Crippen LogP) is -1.16. The molecule has 11 amide bonds. The van der Waals surface area contributed by atoms with Crippen molar-refractivity contribution >= 4 is 116 Å². The van der Waals surface area contributed by atoms with Gasteiger partial charge in [0, 0.05) is 92.3 Å². The molecule has 13 N–H and O–H groups in total. The number of carbonyl (C=O) groups is 13. The molecule has 4 aliphatic heterocycles. The Labute approximate surface area is 562 Å². The Morgan fingerprint density at radius 1 is 0.792 bits per heavy atom. The summed E-state index contributed by atoms with van der Waals surface area (Å²) < 4.78 is 15.1. The molecule has 522 valence electrons. The van der Waals surface area contributed by atoms with Crippen LogP contribution >= 0.6 is 11.8 Å². The van der Waals surface area contributed by atoms with Crippen LogP contribution in [0.4, 0.5) is 5.69 Å². The summed E-state index contributed by atoms with van der Waals surface area (Å²) in [5, 5.41) is 56.1. The summed E-state index contributed by atoms with van der Waals surface area (Å²) in [6.45, 7) is 10.7. The van der Waals surface area contributed by atoms with E-state index in [4.69, 9.17) is 0 Å². The number of likely N-dealkylation sites (tertiary alicyclic amines) is 1. The Balaban J connectivity index is 1.14. The number of aliphatic hydroxyl groups is 3. The number of aliphatic hydroxyl groups excluding tert-OH is 3. The maximum Gasteiger partial charge on any atom is 0.246 e. The molecule has 96 heavy (non-hydrogen) atoms. The zero-order chi connectivity index (χ0) is 70.4. The SMILES string of the molecule is C=C1C(SC)CC(=O)N1CCC(=O)NC(C(=O)N[C@@H](C)C(=O)Nc1ccc(CNC(=O)C[C@@H]2CC(=O)[C@@H]3CS(=O)c4[nH]c5ccccc5c4C[C@@H](CC(=O)[C@H]([C@@H](C)[C@@H](O)CO)NC(=O)[C@H]4C[C@@H](O)CN4C2=O)C(=O)NCC(=O)N[C@@H]([C@@H](C)CC)C(=O)NCC(=O)N3)cc1)C(C)C. The van der Waals surface area contributed by atoms with Gasteiger partial charge in [0.15, 0.2) is 11.6 Å². The van der Waals surface area contributed by atoms with Crippen molar-refractivity contribution in [2.45, 2.75) is 158 Å². The topological polar surface area (TPSA) is 430 Å². The number of Topliss-reactive ketones (excluding diaryl/α,β-unsaturated/α-hetero) is 2. The summed E-state index contributed by atoms with van der Waals surface area (Å²) >= 11 is 1.49. The number of benzene rings is 2. The van der Waals surface area contributed by atoms with Gasteiger partial charge in [-0.2, -0.15) is 11.8 Å². The minimum atomic E-state index is -2.32. The lowest BCUT2D eigenvalue weighted by Gasteiger charge is -2.32. The number of aromatic amines is 1. The lowest BCUT2D eigenvalue weighted by atomic mass is 9.85. The number of anilines is 1. The van der Waals surface area contributed by atoms with Crippen LogP contribution in [0.15, 0.2) is 65.8 Å². The van der Waals surface area contributed by atoms with Gasteiger partial charge in [-0.25, -0.2) is 0 Å². The van der Waals surface area contributed by atoms with Crippen LogP contribution in [0.2, 0.25) is 0 Å². The lowest BCUT2D eigenvalue weighted by Crippen LogP contribution is -2.56. The predicted molar refractivity (Wildman–Crippen MR) is 352 cm³/mol. The number of thioether (sulfide) groups is 1. The Bertz CT molecular complexity index is 3490. The van der Waals surface area contributed by atoms with Crippen molar-refractivity contribution in [3.05, 3.63) is 71.9 Å². The first-order chi connectivity index (χ1) is 45.5. The third kappa shape index (κ3) is 19.2. The third-order valence-corrected chi connectivity index (χ3v) is 20.4. The van der Waals surface area contributed by atoms with Crippen LogP contribution in [0.25, 0.3) is 10.9 Å². The normalized spacial score (nSPS) is 25.3. The molecule has 5 heterocycles. The highest BCUT2D eigenvalue weighted by atomic mass is 32.2. The maximum absolute atomic E-state index is 15.1. The molecule has 2 bridgehead atoms. The van der Waals surface area contributed by atoms with Gasteiger partial charge in [0.25, 0.3) is 0 Å². The molecule has 31 heteroatoms. The molecule has 0 spiro atoms. The number of fused-ring (bicyclic) bond motifs is 5. The largest absolute Gasteiger partial charge is 0.394 e. The highest BCUT2D eigenvalue weighted by Gasteiger charge is 2.46. The number of para-hydroxylation sites is 1. The second-order valence-electron chi connectivity index (χ2n) is 25.3. The van der Waals surface area contributed by atoms with E-state index in [-0.39, 0.29) is 60.0 Å². The minimum Gasteiger partial charge on any atom is -0.394 e. The maximum atomic E-state index is 15.1. The third-order valence-electron chi connectivity index (χ3n) is 18.0. The van der Waals surface area contributed by atoms with Crippen LogP contribution < -0.4 is 47.9 Å². The average molecular weight is 1370 g/mol. The smallest absolute Gasteiger partial charge is 0.246 e. The van der Waals surface area contributed by atoms with Crippen LogP contribution in [-0.4, -0.2) is 209 Å². The van der Waals surface area contributed by atoms with Crippen LogP contribution in [-0.2, 0) is 86.1 Å². The molecule has 0 saturated carbocycles. The number of H-pyrrole nitrogens is 1. The lowest BCUT2D eigenvalue weighted by molar-refractivity contribution is -0.145. The van der Waals surface area contributed by atoms with Gasteiger partial charge in [0.1, 0.15) is 29.2 Å². The average Bonchev–Trinajstić information content (AvgIpc) is 1.64. The summed E-state index contributed by atoms with van der Waals surface area (Å²) in [6.07, 6.45) is -3.68. The Morgan fingerprint density at radius 2 is 1.47 bits per heavy atom. The summed E-state index contributed by atoms with van der Waals surface area (Å²) in [7, 11) is -2.32. The van der Waals surface area contributed by atoms with Crippen molar-refractivity contribution in [2.24, 2.45) is 29.6 Å². The van der Waals surface area contributed by atoms with Crippen molar-refractivity contribution < 1.29 is 81.9 Å². The van der Waals surface area contributed by atoms with E-state index in [1.165, 1.54) is 42.6 Å². The number of hydrogen-bond acceptors (Lipinski definition) is 18. The molecule has 14 atom stereocenters. The quantitative estimate of drug-likeness (QED) is 0.0673. The van der Waals surface area contributed by atoms with E-state index in [1.54, 1.807) is 64.1 Å². The Kier molecular flexibility index (Phi) is 26.6. The first kappa shape index (κ1) is 75.0. The van der Waals surface area contributed by atoms with Gasteiger partial charge in [-0.1, -0.05) is 78.0 Å². The molecule has 0 aliphatic carbocycles. The fourth-order valence-corrected chi connectivity index (χ4v) is 14.1. The number of aromatic nitrogens is 1. The van der Waals surface area contributed by atoms with Crippen molar-refractivity contribution in [1.29, 1.82) is 0 Å². The summed E-state index contributed by atoms with van der Waals surface area (Å²) in [6, 6.07) is 4.43. The van der Waals surface area contributed by atoms with Gasteiger partial charge in [-0.05, 0) is 60.8 Å². The van der Waals surface area contributed by atoms with E-state index < -0.39 is 211 Å². The van der Waals surface area contributed by atoms with Gasteiger partial charge in [-0.3, -0.25) is 66.5 Å². The van der Waals surface area contributed by atoms with Crippen LogP contribution in [0.1, 0.15) is 97.6 Å². The number of hydrogen-bond donors (Lipinski definition) is 13. The van der Waals surface area contributed by atoms with Gasteiger partial charge in [0.2, 0.25) is 65.0 Å². The van der Waals surface area contributed by atoms with Gasteiger partial charge in [0.05, 0.1) is 71.7 Å². The molecule has 7 rings (SSSR count). The van der Waals surface area contributed by atoms with Crippen LogP contribution in [0.5, 0.6) is 0 Å². The fourth-order valence-electron chi connectivity index (χ4n) is 12.0. The molecule has 2 saturated heterocycles. The standard InChI is InChI=1S/C65H88N12O17S2/c1-9-33(4)57-62(91)68-27-53(85)71-45-31-96(94)64-43(42-12-10-11-13-44(42)72-64)20-38(60(89)67-28-54(86)74-57)21-48(81)58(34(5)49(82)30-78)75-61(90)46-24-41(79)29-77(46)65(93)39(22-47(45)80)23-52(84)66-26-37-14-16-40(17-15-37)70-59(88)35(6)69-63(92)56(32(2)3)73-51(83)18-19-76-36(7)50(95-8)25-55(76)87/h10-17,32-35,38-39,41,45-46,49-50,56-58,72,78-79,82H,7,9,18-31H2,1-6,8H3,(H,66,84)(H,67,89)(H,68,91)(H,69,92)(H,70,88)(H,71,85)(H,73,83)(H,74,86)(H,75,90)/t33-,34-,35-,38-,39-,41+,45-,46+,49-,50?,56?,57-,58-,96?/m0/s1. The Morgan fingerprint density at radius 3 is 2.12 bits per heavy atom. The molecule has 3 unspecified atom stereocenters. The van der Waals surface area contributed by atoms with E-state index in [2.05, 4.69) is 59.4 Å². The van der Waals surface area contributed by atoms with E-state index in [0.717, 1.165) is 4.90 Å². The van der Waals surface area contributed by atoms with E-state index in [9.17, 15) is 68.1 Å². The molecular formula is C65H88N12O17S2.